The molecule has 0 spiro atoms. The molecule has 8 nitrogen and oxygen atoms in total. The molecule has 0 saturated carbocycles. The van der Waals surface area contributed by atoms with Crippen molar-refractivity contribution in [2.75, 3.05) is 13.6 Å². The summed E-state index contributed by atoms with van der Waals surface area (Å²) in [5, 5.41) is 22.0. The number of aromatic hydroxyl groups is 1. The lowest BCUT2D eigenvalue weighted by Crippen LogP contribution is -2.50. The number of phenolic OH excluding ortho intramolecular Hbond substituents is 1. The Kier molecular flexibility index (Phi) is 6.28. The number of amides is 1. The Morgan fingerprint density at radius 2 is 1.56 bits per heavy atom. The van der Waals surface area contributed by atoms with E-state index in [4.69, 9.17) is 10.7 Å². The van der Waals surface area contributed by atoms with Gasteiger partial charge in [-0.3, -0.25) is 10.1 Å². The summed E-state index contributed by atoms with van der Waals surface area (Å²) in [6.45, 7) is 12.3. The zero-order valence-corrected chi connectivity index (χ0v) is 20.8. The average molecular weight is 466 g/mol. The summed E-state index contributed by atoms with van der Waals surface area (Å²) in [5.41, 5.74) is 8.57. The predicted octanol–water partition coefficient (Wildman–Crippen LogP) is 4.85. The maximum absolute atomic E-state index is 13.5. The second kappa shape index (κ2) is 8.45. The average Bonchev–Trinajstić information content (AvgIpc) is 3.09. The molecule has 0 bridgehead atoms. The predicted molar refractivity (Wildman–Crippen MR) is 134 cm³/mol. The van der Waals surface area contributed by atoms with Crippen LogP contribution in [0.3, 0.4) is 0 Å². The van der Waals surface area contributed by atoms with Gasteiger partial charge in [-0.2, -0.15) is 9.48 Å². The Balaban J connectivity index is 2.15. The van der Waals surface area contributed by atoms with Gasteiger partial charge in [0.2, 0.25) is 5.84 Å². The lowest BCUT2D eigenvalue weighted by Gasteiger charge is -2.28. The van der Waals surface area contributed by atoms with Crippen molar-refractivity contribution in [3.8, 4) is 5.75 Å². The van der Waals surface area contributed by atoms with E-state index in [1.807, 2.05) is 53.7 Å². The highest BCUT2D eigenvalue weighted by molar-refractivity contribution is 6.02. The fraction of sp³-hybridized carbons (Fsp3) is 0.385. The monoisotopic (exact) mass is 465 g/mol. The van der Waals surface area contributed by atoms with E-state index in [-0.39, 0.29) is 39.2 Å². The molecule has 2 aromatic carbocycles. The molecule has 1 atom stereocenters. The van der Waals surface area contributed by atoms with E-state index in [0.717, 1.165) is 16.7 Å². The van der Waals surface area contributed by atoms with E-state index in [1.165, 1.54) is 24.3 Å². The van der Waals surface area contributed by atoms with Gasteiger partial charge < -0.3 is 10.8 Å². The number of hydrogen-bond acceptors (Lipinski definition) is 6. The molecule has 1 heterocycles. The second-order valence-corrected chi connectivity index (χ2v) is 10.9. The number of amidine groups is 1. The number of likely N-dealkylation sites (N-methyl/N-ethyl adjacent to an activating group) is 1. The van der Waals surface area contributed by atoms with Crippen LogP contribution in [-0.2, 0) is 10.8 Å². The Morgan fingerprint density at radius 1 is 1.06 bits per heavy atom. The second-order valence-electron chi connectivity index (χ2n) is 10.9. The van der Waals surface area contributed by atoms with Crippen LogP contribution in [0.5, 0.6) is 5.75 Å². The highest BCUT2D eigenvalue weighted by atomic mass is 16.6. The van der Waals surface area contributed by atoms with Gasteiger partial charge in [0.1, 0.15) is 17.6 Å². The molecule has 0 aromatic heterocycles. The number of rotatable bonds is 4. The lowest BCUT2D eigenvalue weighted by molar-refractivity contribution is -0.672. The standard InChI is InChI=1S/C26H32N4O4/c1-25(2,3)19-12-17(13-20(23(19)31)26(4,5)6)21-15-30(7,22(14-27)28-21)24(32)16-8-10-18(11-9-16)29(33)34/h8-13,15H,14,27H2,1-7H3/p+1. The van der Waals surface area contributed by atoms with Gasteiger partial charge in [0.05, 0.1) is 24.1 Å². The van der Waals surface area contributed by atoms with Crippen LogP contribution in [0.4, 0.5) is 5.69 Å². The van der Waals surface area contributed by atoms with Crippen LogP contribution < -0.4 is 5.73 Å². The molecule has 1 amide bonds. The lowest BCUT2D eigenvalue weighted by atomic mass is 9.78. The molecule has 1 aliphatic heterocycles. The molecule has 1 aliphatic rings. The minimum atomic E-state index is -0.504. The number of nitro benzene ring substituents is 1. The number of benzene rings is 2. The number of carbonyl (C=O) groups is 1. The maximum Gasteiger partial charge on any atom is 0.356 e. The molecular weight excluding hydrogens is 432 g/mol. The molecule has 2 aromatic rings. The SMILES string of the molecule is CC(C)(C)c1cc(C2=C[N+](C)(C(=O)c3ccc([N+](=O)[O-])cc3)C(CN)=N2)cc(C(C)(C)C)c1O. The normalized spacial score (nSPS) is 18.5. The molecule has 8 heteroatoms. The maximum atomic E-state index is 13.5. The van der Waals surface area contributed by atoms with Crippen molar-refractivity contribution >= 4 is 23.1 Å². The van der Waals surface area contributed by atoms with Crippen LogP contribution in [0.15, 0.2) is 47.6 Å². The first-order valence-electron chi connectivity index (χ1n) is 11.1. The fourth-order valence-corrected chi connectivity index (χ4v) is 4.06. The van der Waals surface area contributed by atoms with E-state index in [1.54, 1.807) is 13.2 Å². The summed E-state index contributed by atoms with van der Waals surface area (Å²) in [6.07, 6.45) is 1.75. The number of nitro groups is 1. The minimum absolute atomic E-state index is 0.0611. The van der Waals surface area contributed by atoms with E-state index in [9.17, 15) is 20.0 Å². The van der Waals surface area contributed by atoms with Crippen molar-refractivity contribution in [2.24, 2.45) is 10.7 Å². The Bertz CT molecular complexity index is 1180. The molecule has 0 radical (unpaired) electrons. The number of hydrogen-bond donors (Lipinski definition) is 2. The van der Waals surface area contributed by atoms with Crippen LogP contribution >= 0.6 is 0 Å². The number of carbonyl (C=O) groups excluding carboxylic acids is 1. The third-order valence-electron chi connectivity index (χ3n) is 6.12. The van der Waals surface area contributed by atoms with Crippen LogP contribution in [0.25, 0.3) is 5.70 Å². The van der Waals surface area contributed by atoms with Crippen LogP contribution in [0, 0.1) is 10.1 Å². The summed E-state index contributed by atoms with van der Waals surface area (Å²) in [6, 6.07) is 9.34. The first-order chi connectivity index (χ1) is 15.6. The van der Waals surface area contributed by atoms with Crippen LogP contribution in [-0.4, -0.2) is 39.8 Å². The van der Waals surface area contributed by atoms with Gasteiger partial charge in [-0.1, -0.05) is 41.5 Å². The molecule has 34 heavy (non-hydrogen) atoms. The number of quaternary nitrogens is 1. The third kappa shape index (κ3) is 4.51. The van der Waals surface area contributed by atoms with E-state index >= 15 is 0 Å². The molecule has 0 fully saturated rings. The Morgan fingerprint density at radius 3 is 1.97 bits per heavy atom. The Hall–Kier alpha value is -3.36. The van der Waals surface area contributed by atoms with E-state index < -0.39 is 4.92 Å². The van der Waals surface area contributed by atoms with Crippen molar-refractivity contribution in [3.05, 3.63) is 75.0 Å². The fourth-order valence-electron chi connectivity index (χ4n) is 4.06. The molecular formula is C26H33N4O4+. The summed E-state index contributed by atoms with van der Waals surface area (Å²) in [4.78, 5) is 28.7. The zero-order valence-electron chi connectivity index (χ0n) is 20.8. The van der Waals surface area contributed by atoms with Gasteiger partial charge in [-0.25, -0.2) is 4.79 Å². The van der Waals surface area contributed by atoms with Gasteiger partial charge in [-0.05, 0) is 35.1 Å². The molecule has 180 valence electrons. The summed E-state index contributed by atoms with van der Waals surface area (Å²) in [7, 11) is 1.71. The molecule has 0 aliphatic carbocycles. The smallest absolute Gasteiger partial charge is 0.356 e. The first-order valence-corrected chi connectivity index (χ1v) is 11.1. The molecule has 3 rings (SSSR count). The number of phenols is 1. The Labute approximate surface area is 200 Å². The van der Waals surface area contributed by atoms with Crippen molar-refractivity contribution in [1.82, 2.24) is 0 Å². The largest absolute Gasteiger partial charge is 0.507 e. The van der Waals surface area contributed by atoms with E-state index in [0.29, 0.717) is 17.1 Å². The zero-order chi connectivity index (χ0) is 25.6. The molecule has 3 N–H and O–H groups in total. The highest BCUT2D eigenvalue weighted by Gasteiger charge is 2.42. The number of nitrogens with two attached hydrogens (primary N) is 1. The van der Waals surface area contributed by atoms with Crippen molar-refractivity contribution in [1.29, 1.82) is 0 Å². The van der Waals surface area contributed by atoms with Gasteiger partial charge in [0, 0.05) is 28.8 Å². The number of aliphatic imine (C=N–C) groups is 1. The van der Waals surface area contributed by atoms with Crippen molar-refractivity contribution < 1.29 is 19.3 Å². The topological polar surface area (TPSA) is 119 Å². The van der Waals surface area contributed by atoms with Crippen LogP contribution in [0.1, 0.15) is 68.6 Å². The minimum Gasteiger partial charge on any atom is -0.507 e. The van der Waals surface area contributed by atoms with Crippen molar-refractivity contribution in [3.63, 3.8) is 0 Å². The van der Waals surface area contributed by atoms with Gasteiger partial charge in [0.15, 0.2) is 0 Å². The molecule has 1 unspecified atom stereocenters. The number of non-ortho nitro benzene ring substituents is 1. The van der Waals surface area contributed by atoms with Crippen LogP contribution in [0.2, 0.25) is 0 Å². The first kappa shape index (κ1) is 25.3. The van der Waals surface area contributed by atoms with Gasteiger partial charge >= 0.3 is 5.91 Å². The van der Waals surface area contributed by atoms with Crippen molar-refractivity contribution in [2.45, 2.75) is 52.4 Å². The van der Waals surface area contributed by atoms with Gasteiger partial charge in [-0.15, -0.1) is 0 Å². The summed E-state index contributed by atoms with van der Waals surface area (Å²) in [5.74, 6) is 0.436. The van der Waals surface area contributed by atoms with Gasteiger partial charge in [0.25, 0.3) is 5.69 Å². The third-order valence-corrected chi connectivity index (χ3v) is 6.12. The highest BCUT2D eigenvalue weighted by Crippen LogP contribution is 2.42. The summed E-state index contributed by atoms with van der Waals surface area (Å²) < 4.78 is -0.264. The quantitative estimate of drug-likeness (QED) is 0.380. The number of nitrogens with zero attached hydrogens (tertiary/aromatic N) is 3. The summed E-state index contributed by atoms with van der Waals surface area (Å²) >= 11 is 0. The molecule has 0 saturated heterocycles. The van der Waals surface area contributed by atoms with E-state index in [2.05, 4.69) is 0 Å².